The van der Waals surface area contributed by atoms with Crippen LogP contribution in [0.3, 0.4) is 0 Å². The Bertz CT molecular complexity index is 3450. The van der Waals surface area contributed by atoms with Gasteiger partial charge in [-0.05, 0) is 241 Å². The lowest BCUT2D eigenvalue weighted by molar-refractivity contribution is -0.226. The molecule has 8 nitrogen and oxygen atoms in total. The van der Waals surface area contributed by atoms with Crippen molar-refractivity contribution in [3.63, 3.8) is 0 Å². The van der Waals surface area contributed by atoms with Gasteiger partial charge in [0.25, 0.3) is 0 Å². The molecule has 0 aromatic heterocycles. The van der Waals surface area contributed by atoms with Gasteiger partial charge in [-0.15, -0.1) is 0 Å². The van der Waals surface area contributed by atoms with Crippen molar-refractivity contribution in [3.8, 4) is 23.0 Å². The van der Waals surface area contributed by atoms with E-state index in [9.17, 15) is 74.6 Å². The third kappa shape index (κ3) is 26.4. The van der Waals surface area contributed by atoms with Gasteiger partial charge in [0.2, 0.25) is 0 Å². The fourth-order valence-corrected chi connectivity index (χ4v) is 18.3. The highest BCUT2D eigenvalue weighted by Gasteiger charge is 2.50. The van der Waals surface area contributed by atoms with Crippen molar-refractivity contribution in [1.82, 2.24) is 0 Å². The summed E-state index contributed by atoms with van der Waals surface area (Å²) in [4.78, 5) is 0. The van der Waals surface area contributed by atoms with Crippen molar-refractivity contribution in [3.05, 3.63) is 118 Å². The van der Waals surface area contributed by atoms with Crippen molar-refractivity contribution in [2.24, 2.45) is 71.0 Å². The summed E-state index contributed by atoms with van der Waals surface area (Å²) in [6.07, 6.45) is 15.0. The second kappa shape index (κ2) is 43.1. The zero-order valence-electron chi connectivity index (χ0n) is 67.4. The van der Waals surface area contributed by atoms with Crippen molar-refractivity contribution in [2.75, 3.05) is 26.4 Å². The summed E-state index contributed by atoms with van der Waals surface area (Å²) in [5, 5.41) is 0. The molecule has 114 heavy (non-hydrogen) atoms. The SMILES string of the molecule is CCC1CCC(C2CCC(C(F)(F)Oc3cc(F)c(C)c(F)c3)CC2)OC1.CCCC1CCC(C2CCC(C(F)(F)Oc3cc(F)c(C)c(F)c3)CC2)OC1.CCCCC1CCC(C2CCC(C(F)(F)Oc3cc(F)c(F)c(F)c3)CC2)OC1.CCCCCC1CCC(C2CCC(C(F)(F)Oc3cc(F)c(C)c(F)c3)CC2)OC1. The smallest absolute Gasteiger partial charge is 0.400 e. The molecular weight excluding hydrogens is 1520 g/mol. The van der Waals surface area contributed by atoms with E-state index < -0.39 is 123 Å². The van der Waals surface area contributed by atoms with Crippen LogP contribution in [0.2, 0.25) is 0 Å². The fraction of sp³-hybridized carbons (Fsp3) is 0.730. The molecule has 8 atom stereocenters. The molecule has 4 aromatic carbocycles. The van der Waals surface area contributed by atoms with E-state index in [4.69, 9.17) is 33.2 Å². The number of ether oxygens (including phenoxy) is 8. The first-order valence-corrected chi connectivity index (χ1v) is 42.4. The molecule has 8 fully saturated rings. The summed E-state index contributed by atoms with van der Waals surface area (Å²) >= 11 is 0. The lowest BCUT2D eigenvalue weighted by Gasteiger charge is -2.39. The molecule has 0 amide bonds. The van der Waals surface area contributed by atoms with Crippen molar-refractivity contribution in [2.45, 2.75) is 316 Å². The Balaban J connectivity index is 0.000000174. The van der Waals surface area contributed by atoms with E-state index in [1.165, 1.54) is 72.1 Å². The van der Waals surface area contributed by atoms with Gasteiger partial charge in [0.15, 0.2) is 17.5 Å². The molecule has 8 unspecified atom stereocenters. The molecule has 0 spiro atoms. The van der Waals surface area contributed by atoms with Crippen LogP contribution in [0.5, 0.6) is 23.0 Å². The Morgan fingerprint density at radius 1 is 0.281 bits per heavy atom. The largest absolute Gasteiger partial charge is 0.432 e. The summed E-state index contributed by atoms with van der Waals surface area (Å²) in [7, 11) is 0. The average Bonchev–Trinajstić information content (AvgIpc) is 0.818. The highest BCUT2D eigenvalue weighted by Crippen LogP contribution is 2.49. The van der Waals surface area contributed by atoms with E-state index in [1.807, 2.05) is 0 Å². The maximum atomic E-state index is 14.6. The van der Waals surface area contributed by atoms with Gasteiger partial charge >= 0.3 is 24.4 Å². The molecule has 644 valence electrons. The van der Waals surface area contributed by atoms with E-state index in [0.29, 0.717) is 143 Å². The summed E-state index contributed by atoms with van der Waals surface area (Å²) in [5.74, 6) is -12.4. The normalized spacial score (nSPS) is 28.6. The molecule has 8 aliphatic rings. The van der Waals surface area contributed by atoms with Crippen LogP contribution >= 0.6 is 0 Å². The number of hydrogen-bond acceptors (Lipinski definition) is 8. The predicted molar refractivity (Wildman–Crippen MR) is 402 cm³/mol. The minimum atomic E-state index is -3.57. The van der Waals surface area contributed by atoms with Gasteiger partial charge in [-0.2, -0.15) is 35.1 Å². The number of alkyl halides is 8. The number of unbranched alkanes of at least 4 members (excludes halogenated alkanes) is 3. The van der Waals surface area contributed by atoms with Crippen LogP contribution in [0.4, 0.5) is 74.6 Å². The molecule has 4 heterocycles. The van der Waals surface area contributed by atoms with Crippen LogP contribution in [0, 0.1) is 144 Å². The summed E-state index contributed by atoms with van der Waals surface area (Å²) in [6.45, 7) is 15.6. The fourth-order valence-electron chi connectivity index (χ4n) is 18.3. The molecule has 12 rings (SSSR count). The summed E-state index contributed by atoms with van der Waals surface area (Å²) in [5.41, 5.74) is -0.611. The molecule has 0 radical (unpaired) electrons. The van der Waals surface area contributed by atoms with Crippen LogP contribution in [0.25, 0.3) is 0 Å². The Hall–Kier alpha value is -5.27. The molecule has 4 aliphatic carbocycles. The van der Waals surface area contributed by atoms with E-state index in [2.05, 4.69) is 32.4 Å². The van der Waals surface area contributed by atoms with Crippen LogP contribution in [-0.4, -0.2) is 75.3 Å². The van der Waals surface area contributed by atoms with Crippen molar-refractivity contribution >= 4 is 0 Å². The van der Waals surface area contributed by atoms with E-state index in [0.717, 1.165) is 127 Å². The minimum Gasteiger partial charge on any atom is -0.432 e. The van der Waals surface area contributed by atoms with E-state index in [-0.39, 0.29) is 59.9 Å². The summed E-state index contributed by atoms with van der Waals surface area (Å²) in [6, 6.07) is 5.82. The molecule has 0 bridgehead atoms. The van der Waals surface area contributed by atoms with Crippen LogP contribution in [0.1, 0.15) is 263 Å². The standard InChI is InChI=1S/C24H34F4O2.C22H29F5O2.C22H30F4O2.C21H28F4O2/c1-3-4-5-6-17-7-12-23(29-15-17)18-8-10-19(11-9-18)24(27,28)30-20-13-21(25)16(2)22(26)14-20;1-2-3-4-14-5-10-20(28-13-14)15-6-8-16(9-7-15)22(26,27)29-17-11-18(23)21(25)19(24)12-17;1-3-4-15-5-10-21(27-13-15)16-6-8-17(9-7-16)22(25,26)28-18-11-19(23)14(2)20(24)12-18;1-3-14-4-9-20(26-12-14)15-5-7-16(8-6-15)21(24,25)27-17-10-18(22)13(2)19(23)11-17/h13-14,17-19,23H,3-12,15H2,1-2H3;11-12,14-16,20H,2-10,13H2,1H3;11-12,15-17,21H,3-10,13H2,1-2H3;10-11,14-16,20H,3-9,12H2,1-2H3. The summed E-state index contributed by atoms with van der Waals surface area (Å²) < 4.78 is 281. The quantitative estimate of drug-likeness (QED) is 0.0350. The predicted octanol–water partition coefficient (Wildman–Crippen LogP) is 27.2. The third-order valence-electron chi connectivity index (χ3n) is 25.9. The second-order valence-electron chi connectivity index (χ2n) is 33.9. The van der Waals surface area contributed by atoms with Crippen molar-refractivity contribution < 1.29 is 113 Å². The van der Waals surface area contributed by atoms with Gasteiger partial charge in [-0.3, -0.25) is 0 Å². The molecule has 25 heteroatoms. The van der Waals surface area contributed by atoms with Gasteiger partial charge in [0.1, 0.15) is 57.9 Å². The average molecular weight is 1640 g/mol. The highest BCUT2D eigenvalue weighted by molar-refractivity contribution is 5.32. The number of hydrogen-bond donors (Lipinski definition) is 0. The van der Waals surface area contributed by atoms with Crippen LogP contribution < -0.4 is 18.9 Å². The molecule has 0 N–H and O–H groups in total. The van der Waals surface area contributed by atoms with E-state index >= 15 is 0 Å². The van der Waals surface area contributed by atoms with Crippen LogP contribution in [0.15, 0.2) is 48.5 Å². The number of benzene rings is 4. The second-order valence-corrected chi connectivity index (χ2v) is 33.9. The van der Waals surface area contributed by atoms with Crippen LogP contribution in [-0.2, 0) is 18.9 Å². The lowest BCUT2D eigenvalue weighted by Crippen LogP contribution is -2.40. The van der Waals surface area contributed by atoms with Gasteiger partial charge in [-0.1, -0.05) is 72.6 Å². The zero-order valence-corrected chi connectivity index (χ0v) is 67.4. The Morgan fingerprint density at radius 3 is 0.746 bits per heavy atom. The molecule has 4 aromatic rings. The van der Waals surface area contributed by atoms with Crippen molar-refractivity contribution in [1.29, 1.82) is 0 Å². The zero-order chi connectivity index (χ0) is 82.7. The highest BCUT2D eigenvalue weighted by atomic mass is 19.3. The maximum absolute atomic E-state index is 14.6. The van der Waals surface area contributed by atoms with E-state index in [1.54, 1.807) is 0 Å². The third-order valence-corrected chi connectivity index (χ3v) is 25.9. The topological polar surface area (TPSA) is 73.8 Å². The Morgan fingerprint density at radius 2 is 0.518 bits per heavy atom. The first kappa shape index (κ1) is 92.6. The first-order valence-electron chi connectivity index (χ1n) is 42.4. The van der Waals surface area contributed by atoms with Gasteiger partial charge in [0.05, 0.1) is 48.1 Å². The van der Waals surface area contributed by atoms with Gasteiger partial charge in [0, 0.05) is 91.6 Å². The van der Waals surface area contributed by atoms with Gasteiger partial charge < -0.3 is 37.9 Å². The Labute approximate surface area is 663 Å². The molecule has 4 saturated carbocycles. The first-order chi connectivity index (χ1) is 54.2. The lowest BCUT2D eigenvalue weighted by atomic mass is 9.76. The molecular formula is C89H121F17O8. The molecule has 4 saturated heterocycles. The molecule has 4 aliphatic heterocycles. The number of halogens is 17. The monoisotopic (exact) mass is 1640 g/mol. The number of rotatable bonds is 26. The maximum Gasteiger partial charge on any atom is 0.400 e. The van der Waals surface area contributed by atoms with Gasteiger partial charge in [-0.25, -0.2) is 39.5 Å². The Kier molecular flexibility index (Phi) is 35.0. The minimum absolute atomic E-state index is 0.128.